The molecule has 0 spiro atoms. The highest BCUT2D eigenvalue weighted by atomic mass is 16.5. The minimum Gasteiger partial charge on any atom is -0.377 e. The highest BCUT2D eigenvalue weighted by Crippen LogP contribution is 2.24. The van der Waals surface area contributed by atoms with E-state index in [1.54, 1.807) is 16.9 Å². The zero-order valence-electron chi connectivity index (χ0n) is 11.4. The van der Waals surface area contributed by atoms with Gasteiger partial charge in [0.25, 0.3) is 0 Å². The molecule has 0 aromatic rings. The van der Waals surface area contributed by atoms with Gasteiger partial charge in [0.2, 0.25) is 11.8 Å². The van der Waals surface area contributed by atoms with Crippen LogP contribution < -0.4 is 0 Å². The van der Waals surface area contributed by atoms with Crippen LogP contribution in [0.1, 0.15) is 33.1 Å². The lowest BCUT2D eigenvalue weighted by molar-refractivity contribution is -0.160. The molecule has 2 rings (SSSR count). The van der Waals surface area contributed by atoms with Gasteiger partial charge >= 0.3 is 0 Å². The van der Waals surface area contributed by atoms with Gasteiger partial charge in [0, 0.05) is 20.2 Å². The molecule has 1 atom stereocenters. The van der Waals surface area contributed by atoms with Crippen molar-refractivity contribution in [2.24, 2.45) is 0 Å². The van der Waals surface area contributed by atoms with Gasteiger partial charge in [-0.25, -0.2) is 0 Å². The maximum absolute atomic E-state index is 12.4. The fourth-order valence-corrected chi connectivity index (χ4v) is 2.69. The number of nitrogens with zero attached hydrogens (tertiary/aromatic N) is 2. The van der Waals surface area contributed by atoms with Crippen LogP contribution in [0.5, 0.6) is 0 Å². The Labute approximate surface area is 108 Å². The van der Waals surface area contributed by atoms with Crippen molar-refractivity contribution in [2.45, 2.75) is 44.8 Å². The molecule has 0 bridgehead atoms. The molecule has 2 fully saturated rings. The number of hydrogen-bond donors (Lipinski definition) is 0. The Kier molecular flexibility index (Phi) is 3.61. The van der Waals surface area contributed by atoms with Crippen LogP contribution in [0.3, 0.4) is 0 Å². The van der Waals surface area contributed by atoms with Crippen LogP contribution in [0.2, 0.25) is 0 Å². The Morgan fingerprint density at radius 2 is 2.06 bits per heavy atom. The number of ether oxygens (including phenoxy) is 1. The maximum Gasteiger partial charge on any atom is 0.245 e. The third-order valence-corrected chi connectivity index (χ3v) is 3.87. The Balaban J connectivity index is 2.10. The summed E-state index contributed by atoms with van der Waals surface area (Å²) in [6.45, 7) is 5.26. The van der Waals surface area contributed by atoms with E-state index in [1.807, 2.05) is 13.8 Å². The number of fused-ring (bicyclic) bond motifs is 1. The largest absolute Gasteiger partial charge is 0.377 e. The number of methoxy groups -OCH3 is 1. The predicted molar refractivity (Wildman–Crippen MR) is 67.0 cm³/mol. The van der Waals surface area contributed by atoms with Gasteiger partial charge in [0.05, 0.1) is 12.1 Å². The monoisotopic (exact) mass is 254 g/mol. The molecule has 2 saturated heterocycles. The van der Waals surface area contributed by atoms with Crippen LogP contribution in [-0.2, 0) is 14.3 Å². The number of carbonyl (C=O) groups excluding carboxylic acids is 2. The molecule has 1 unspecified atom stereocenters. The van der Waals surface area contributed by atoms with Gasteiger partial charge in [-0.1, -0.05) is 0 Å². The molecule has 0 saturated carbocycles. The van der Waals surface area contributed by atoms with Crippen molar-refractivity contribution >= 4 is 11.8 Å². The van der Waals surface area contributed by atoms with Crippen molar-refractivity contribution in [1.29, 1.82) is 0 Å². The molecule has 2 aliphatic heterocycles. The van der Waals surface area contributed by atoms with Crippen LogP contribution in [0, 0.1) is 0 Å². The van der Waals surface area contributed by atoms with Gasteiger partial charge in [-0.3, -0.25) is 9.59 Å². The number of carbonyl (C=O) groups is 2. The number of rotatable bonds is 3. The summed E-state index contributed by atoms with van der Waals surface area (Å²) in [6.07, 6.45) is 2.84. The normalized spacial score (nSPS) is 25.4. The molecule has 2 aliphatic rings. The smallest absolute Gasteiger partial charge is 0.245 e. The molecule has 0 radical (unpaired) electrons. The minimum absolute atomic E-state index is 0.0752. The first-order valence-electron chi connectivity index (χ1n) is 6.58. The van der Waals surface area contributed by atoms with Gasteiger partial charge in [0.1, 0.15) is 6.04 Å². The van der Waals surface area contributed by atoms with Gasteiger partial charge in [0.15, 0.2) is 0 Å². The molecule has 5 nitrogen and oxygen atoms in total. The van der Waals surface area contributed by atoms with E-state index in [0.29, 0.717) is 6.54 Å². The van der Waals surface area contributed by atoms with E-state index in [4.69, 9.17) is 4.74 Å². The lowest BCUT2D eigenvalue weighted by atomic mass is 9.97. The van der Waals surface area contributed by atoms with Gasteiger partial charge in [-0.15, -0.1) is 0 Å². The quantitative estimate of drug-likeness (QED) is 0.742. The van der Waals surface area contributed by atoms with Crippen LogP contribution in [0.4, 0.5) is 0 Å². The average Bonchev–Trinajstić information content (AvgIpc) is 2.35. The van der Waals surface area contributed by atoms with Crippen LogP contribution >= 0.6 is 0 Å². The third-order valence-electron chi connectivity index (χ3n) is 3.87. The Bertz CT molecular complexity index is 354. The Morgan fingerprint density at radius 1 is 1.33 bits per heavy atom. The van der Waals surface area contributed by atoms with Crippen molar-refractivity contribution in [3.05, 3.63) is 0 Å². The van der Waals surface area contributed by atoms with Gasteiger partial charge in [-0.2, -0.15) is 0 Å². The van der Waals surface area contributed by atoms with Crippen molar-refractivity contribution in [1.82, 2.24) is 9.80 Å². The van der Waals surface area contributed by atoms with Crippen LogP contribution in [0.15, 0.2) is 0 Å². The van der Waals surface area contributed by atoms with Gasteiger partial charge < -0.3 is 14.5 Å². The first-order chi connectivity index (χ1) is 8.44. The standard InChI is InChI=1S/C13H22N2O3/c1-13(2,18-3)9-14-8-11(16)15-7-5-4-6-10(15)12(14)17/h10H,4-9H2,1-3H3. The molecule has 0 aromatic heterocycles. The molecule has 0 aliphatic carbocycles. The second-order valence-electron chi connectivity index (χ2n) is 5.76. The molecule has 2 amide bonds. The summed E-state index contributed by atoms with van der Waals surface area (Å²) in [7, 11) is 1.63. The molecular formula is C13H22N2O3. The molecular weight excluding hydrogens is 232 g/mol. The molecule has 0 aromatic carbocycles. The summed E-state index contributed by atoms with van der Waals surface area (Å²) in [5.41, 5.74) is -0.410. The number of amides is 2. The zero-order valence-corrected chi connectivity index (χ0v) is 11.4. The summed E-state index contributed by atoms with van der Waals surface area (Å²) in [6, 6.07) is -0.229. The summed E-state index contributed by atoms with van der Waals surface area (Å²) in [4.78, 5) is 27.8. The lowest BCUT2D eigenvalue weighted by Gasteiger charge is -2.44. The van der Waals surface area contributed by atoms with Crippen LogP contribution in [0.25, 0.3) is 0 Å². The molecule has 5 heteroatoms. The Hall–Kier alpha value is -1.10. The van der Waals surface area contributed by atoms with E-state index >= 15 is 0 Å². The highest BCUT2D eigenvalue weighted by Gasteiger charge is 2.41. The predicted octanol–water partition coefficient (Wildman–Crippen LogP) is 0.635. The first kappa shape index (κ1) is 13.3. The summed E-state index contributed by atoms with van der Waals surface area (Å²) in [5, 5.41) is 0. The SMILES string of the molecule is COC(C)(C)CN1CC(=O)N2CCCCC2C1=O. The fourth-order valence-electron chi connectivity index (χ4n) is 2.69. The van der Waals surface area contributed by atoms with E-state index < -0.39 is 5.60 Å². The first-order valence-corrected chi connectivity index (χ1v) is 6.58. The van der Waals surface area contributed by atoms with Crippen molar-refractivity contribution in [2.75, 3.05) is 26.7 Å². The molecule has 2 heterocycles. The van der Waals surface area contributed by atoms with Crippen molar-refractivity contribution < 1.29 is 14.3 Å². The number of piperazine rings is 1. The van der Waals surface area contributed by atoms with Crippen molar-refractivity contribution in [3.8, 4) is 0 Å². The second-order valence-corrected chi connectivity index (χ2v) is 5.76. The van der Waals surface area contributed by atoms with E-state index in [-0.39, 0.29) is 24.4 Å². The molecule has 18 heavy (non-hydrogen) atoms. The Morgan fingerprint density at radius 3 is 2.72 bits per heavy atom. The molecule has 102 valence electrons. The zero-order chi connectivity index (χ0) is 13.3. The lowest BCUT2D eigenvalue weighted by Crippen LogP contribution is -2.63. The third kappa shape index (κ3) is 2.51. The van der Waals surface area contributed by atoms with Crippen LogP contribution in [-0.4, -0.2) is 60.0 Å². The average molecular weight is 254 g/mol. The maximum atomic E-state index is 12.4. The summed E-state index contributed by atoms with van der Waals surface area (Å²) in [5.74, 6) is 0.158. The fraction of sp³-hybridized carbons (Fsp3) is 0.846. The summed E-state index contributed by atoms with van der Waals surface area (Å²) < 4.78 is 5.34. The van der Waals surface area contributed by atoms with Gasteiger partial charge in [-0.05, 0) is 33.1 Å². The minimum atomic E-state index is -0.410. The summed E-state index contributed by atoms with van der Waals surface area (Å²) >= 11 is 0. The highest BCUT2D eigenvalue weighted by molar-refractivity contribution is 5.95. The van der Waals surface area contributed by atoms with E-state index in [9.17, 15) is 9.59 Å². The second kappa shape index (κ2) is 4.88. The molecule has 0 N–H and O–H groups in total. The van der Waals surface area contributed by atoms with Crippen molar-refractivity contribution in [3.63, 3.8) is 0 Å². The van der Waals surface area contributed by atoms with E-state index in [0.717, 1.165) is 25.8 Å². The topological polar surface area (TPSA) is 49.9 Å². The van der Waals surface area contributed by atoms with E-state index in [2.05, 4.69) is 0 Å². The number of hydrogen-bond acceptors (Lipinski definition) is 3. The van der Waals surface area contributed by atoms with E-state index in [1.165, 1.54) is 0 Å². The number of piperidine rings is 1.